The van der Waals surface area contributed by atoms with Crippen molar-refractivity contribution in [3.05, 3.63) is 94.0 Å². The molecule has 0 spiro atoms. The fraction of sp³-hybridized carbons (Fsp3) is 0. The van der Waals surface area contributed by atoms with E-state index in [0.717, 1.165) is 0 Å². The maximum atomic E-state index is 12.7. The number of sulfone groups is 1. The SMILES string of the molecule is O=C(c1ccccc1)c1ccc(S(=O)(=O)c2cc(Cl)ccc2Cl)cc1. The summed E-state index contributed by atoms with van der Waals surface area (Å²) in [4.78, 5) is 12.4. The van der Waals surface area contributed by atoms with Crippen LogP contribution >= 0.6 is 23.2 Å². The lowest BCUT2D eigenvalue weighted by molar-refractivity contribution is 0.103. The number of halogens is 2. The minimum absolute atomic E-state index is 0.0429. The van der Waals surface area contributed by atoms with Crippen LogP contribution < -0.4 is 0 Å². The summed E-state index contributed by atoms with van der Waals surface area (Å²) in [6, 6.07) is 18.8. The van der Waals surface area contributed by atoms with Gasteiger partial charge in [0.1, 0.15) is 0 Å². The largest absolute Gasteiger partial charge is 0.289 e. The molecule has 3 nitrogen and oxygen atoms in total. The van der Waals surface area contributed by atoms with E-state index in [1.165, 1.54) is 42.5 Å². The Balaban J connectivity index is 1.97. The van der Waals surface area contributed by atoms with Gasteiger partial charge in [-0.05, 0) is 42.5 Å². The molecule has 6 heteroatoms. The molecule has 0 bridgehead atoms. The molecule has 0 radical (unpaired) electrons. The van der Waals surface area contributed by atoms with Gasteiger partial charge in [0.05, 0.1) is 14.8 Å². The van der Waals surface area contributed by atoms with Crippen molar-refractivity contribution in [1.82, 2.24) is 0 Å². The second-order valence-corrected chi connectivity index (χ2v) is 8.06. The summed E-state index contributed by atoms with van der Waals surface area (Å²) in [5, 5.41) is 0.368. The third-order valence-corrected chi connectivity index (χ3v) is 6.13. The molecular formula is C19H12Cl2O3S. The van der Waals surface area contributed by atoms with Gasteiger partial charge < -0.3 is 0 Å². The average Bonchev–Trinajstić information content (AvgIpc) is 2.64. The molecule has 0 aliphatic carbocycles. The fourth-order valence-corrected chi connectivity index (χ4v) is 4.37. The fourth-order valence-electron chi connectivity index (χ4n) is 2.35. The zero-order valence-electron chi connectivity index (χ0n) is 12.8. The summed E-state index contributed by atoms with van der Waals surface area (Å²) < 4.78 is 25.5. The Kier molecular flexibility index (Phi) is 4.95. The molecule has 126 valence electrons. The maximum absolute atomic E-state index is 12.7. The molecule has 3 rings (SSSR count). The van der Waals surface area contributed by atoms with E-state index in [9.17, 15) is 13.2 Å². The molecule has 3 aromatic carbocycles. The third kappa shape index (κ3) is 3.61. The van der Waals surface area contributed by atoms with Gasteiger partial charge in [-0.2, -0.15) is 0 Å². The molecule has 0 atom stereocenters. The van der Waals surface area contributed by atoms with E-state index in [0.29, 0.717) is 11.1 Å². The first-order chi connectivity index (χ1) is 11.9. The van der Waals surface area contributed by atoms with Crippen molar-refractivity contribution in [3.63, 3.8) is 0 Å². The maximum Gasteiger partial charge on any atom is 0.208 e. The Bertz CT molecular complexity index is 1030. The first-order valence-corrected chi connectivity index (χ1v) is 9.53. The topological polar surface area (TPSA) is 51.2 Å². The highest BCUT2D eigenvalue weighted by molar-refractivity contribution is 7.91. The normalized spacial score (nSPS) is 11.3. The summed E-state index contributed by atoms with van der Waals surface area (Å²) in [5.74, 6) is -0.176. The van der Waals surface area contributed by atoms with Gasteiger partial charge in [-0.25, -0.2) is 8.42 Å². The predicted octanol–water partition coefficient (Wildman–Crippen LogP) is 5.06. The third-order valence-electron chi connectivity index (χ3n) is 3.65. The molecule has 0 aliphatic heterocycles. The van der Waals surface area contributed by atoms with Gasteiger partial charge in [-0.1, -0.05) is 53.5 Å². The number of carbonyl (C=O) groups excluding carboxylic acids is 1. The van der Waals surface area contributed by atoms with Crippen LogP contribution in [-0.4, -0.2) is 14.2 Å². The van der Waals surface area contributed by atoms with Gasteiger partial charge in [-0.3, -0.25) is 4.79 Å². The van der Waals surface area contributed by atoms with Crippen molar-refractivity contribution < 1.29 is 13.2 Å². The highest BCUT2D eigenvalue weighted by atomic mass is 35.5. The van der Waals surface area contributed by atoms with Crippen molar-refractivity contribution in [2.24, 2.45) is 0 Å². The van der Waals surface area contributed by atoms with E-state index in [2.05, 4.69) is 0 Å². The first kappa shape index (κ1) is 17.7. The van der Waals surface area contributed by atoms with Crippen LogP contribution in [0.3, 0.4) is 0 Å². The Morgan fingerprint density at radius 2 is 1.36 bits per heavy atom. The van der Waals surface area contributed by atoms with E-state index in [1.807, 2.05) is 6.07 Å². The number of ketones is 1. The van der Waals surface area contributed by atoms with Crippen LogP contribution in [0.4, 0.5) is 0 Å². The lowest BCUT2D eigenvalue weighted by atomic mass is 10.0. The molecule has 0 fully saturated rings. The molecule has 0 aromatic heterocycles. The van der Waals surface area contributed by atoms with Gasteiger partial charge in [0, 0.05) is 16.1 Å². The van der Waals surface area contributed by atoms with Crippen LogP contribution in [0.2, 0.25) is 10.0 Å². The monoisotopic (exact) mass is 390 g/mol. The van der Waals surface area contributed by atoms with E-state index in [1.54, 1.807) is 24.3 Å². The highest BCUT2D eigenvalue weighted by Gasteiger charge is 2.21. The molecule has 0 aliphatic rings. The molecule has 3 aromatic rings. The molecule has 0 saturated carbocycles. The van der Waals surface area contributed by atoms with Crippen LogP contribution in [-0.2, 0) is 9.84 Å². The Morgan fingerprint density at radius 3 is 2.00 bits per heavy atom. The van der Waals surface area contributed by atoms with Crippen molar-refractivity contribution in [2.75, 3.05) is 0 Å². The molecule has 25 heavy (non-hydrogen) atoms. The van der Waals surface area contributed by atoms with Crippen molar-refractivity contribution in [1.29, 1.82) is 0 Å². The second-order valence-electron chi connectivity index (χ2n) is 5.30. The minimum Gasteiger partial charge on any atom is -0.289 e. The van der Waals surface area contributed by atoms with E-state index >= 15 is 0 Å². The predicted molar refractivity (Wildman–Crippen MR) is 98.2 cm³/mol. The van der Waals surface area contributed by atoms with Crippen LogP contribution in [0.25, 0.3) is 0 Å². The summed E-state index contributed by atoms with van der Waals surface area (Å²) >= 11 is 11.9. The standard InChI is InChI=1S/C19H12Cl2O3S/c20-15-8-11-17(21)18(12-15)25(23,24)16-9-6-14(7-10-16)19(22)13-4-2-1-3-5-13/h1-12H. The van der Waals surface area contributed by atoms with E-state index < -0.39 is 9.84 Å². The van der Waals surface area contributed by atoms with Crippen molar-refractivity contribution in [3.8, 4) is 0 Å². The Morgan fingerprint density at radius 1 is 0.760 bits per heavy atom. The van der Waals surface area contributed by atoms with Crippen molar-refractivity contribution in [2.45, 2.75) is 9.79 Å². The molecule has 0 saturated heterocycles. The van der Waals surface area contributed by atoms with Crippen LogP contribution in [0, 0.1) is 0 Å². The number of benzene rings is 3. The molecule has 0 heterocycles. The number of hydrogen-bond acceptors (Lipinski definition) is 3. The van der Waals surface area contributed by atoms with E-state index in [-0.39, 0.29) is 25.6 Å². The van der Waals surface area contributed by atoms with Crippen LogP contribution in [0.1, 0.15) is 15.9 Å². The summed E-state index contributed by atoms with van der Waals surface area (Å²) in [5.41, 5.74) is 0.943. The van der Waals surface area contributed by atoms with Crippen LogP contribution in [0.5, 0.6) is 0 Å². The number of rotatable bonds is 4. The Labute approximate surface area is 155 Å². The number of carbonyl (C=O) groups is 1. The number of hydrogen-bond donors (Lipinski definition) is 0. The van der Waals surface area contributed by atoms with Crippen molar-refractivity contribution >= 4 is 38.8 Å². The van der Waals surface area contributed by atoms with Gasteiger partial charge in [0.2, 0.25) is 9.84 Å². The lowest BCUT2D eigenvalue weighted by Gasteiger charge is -2.08. The summed E-state index contributed by atoms with van der Waals surface area (Å²) in [6.45, 7) is 0. The molecular weight excluding hydrogens is 379 g/mol. The van der Waals surface area contributed by atoms with Gasteiger partial charge >= 0.3 is 0 Å². The molecule has 0 N–H and O–H groups in total. The minimum atomic E-state index is -3.83. The first-order valence-electron chi connectivity index (χ1n) is 7.29. The van der Waals surface area contributed by atoms with Crippen LogP contribution in [0.15, 0.2) is 82.6 Å². The zero-order chi connectivity index (χ0) is 18.0. The summed E-state index contributed by atoms with van der Waals surface area (Å²) in [6.07, 6.45) is 0. The molecule has 0 unspecified atom stereocenters. The molecule has 0 amide bonds. The van der Waals surface area contributed by atoms with Gasteiger partial charge in [0.25, 0.3) is 0 Å². The second kappa shape index (κ2) is 7.00. The average molecular weight is 391 g/mol. The van der Waals surface area contributed by atoms with Gasteiger partial charge in [0.15, 0.2) is 5.78 Å². The lowest BCUT2D eigenvalue weighted by Crippen LogP contribution is -2.05. The van der Waals surface area contributed by atoms with Gasteiger partial charge in [-0.15, -0.1) is 0 Å². The Hall–Kier alpha value is -2.14. The zero-order valence-corrected chi connectivity index (χ0v) is 15.1. The smallest absolute Gasteiger partial charge is 0.208 e. The summed E-state index contributed by atoms with van der Waals surface area (Å²) in [7, 11) is -3.83. The van der Waals surface area contributed by atoms with E-state index in [4.69, 9.17) is 23.2 Å². The highest BCUT2D eigenvalue weighted by Crippen LogP contribution is 2.30. The quantitative estimate of drug-likeness (QED) is 0.585.